The lowest BCUT2D eigenvalue weighted by Crippen LogP contribution is -2.33. The van der Waals surface area contributed by atoms with E-state index in [9.17, 15) is 0 Å². The Kier molecular flexibility index (Phi) is 3.98. The lowest BCUT2D eigenvalue weighted by molar-refractivity contribution is 0.316. The second-order valence-electron chi connectivity index (χ2n) is 3.54. The molecular weight excluding hydrogens is 168 g/mol. The molecular formula is C8H18N4O. The number of nitrogens with one attached hydrogen (secondary N) is 1. The van der Waals surface area contributed by atoms with Gasteiger partial charge < -0.3 is 21.2 Å². The van der Waals surface area contributed by atoms with E-state index in [1.165, 1.54) is 6.42 Å². The molecule has 0 aromatic rings. The third-order valence-electron chi connectivity index (χ3n) is 2.33. The summed E-state index contributed by atoms with van der Waals surface area (Å²) in [6, 6.07) is 0.566. The van der Waals surface area contributed by atoms with Crippen molar-refractivity contribution in [3.8, 4) is 0 Å². The normalized spacial score (nSPS) is 25.3. The molecule has 1 saturated heterocycles. The Morgan fingerprint density at radius 1 is 1.77 bits per heavy atom. The Hall–Kier alpha value is -0.810. The SMILES string of the molecule is CN1CCC(NCCC(N)=NO)C1. The van der Waals surface area contributed by atoms with Gasteiger partial charge in [0.1, 0.15) is 5.84 Å². The van der Waals surface area contributed by atoms with Crippen LogP contribution in [0.25, 0.3) is 0 Å². The molecule has 1 fully saturated rings. The Balaban J connectivity index is 2.06. The van der Waals surface area contributed by atoms with Gasteiger partial charge in [0.15, 0.2) is 0 Å². The summed E-state index contributed by atoms with van der Waals surface area (Å²) in [4.78, 5) is 2.29. The second kappa shape index (κ2) is 5.04. The van der Waals surface area contributed by atoms with Crippen molar-refractivity contribution in [3.63, 3.8) is 0 Å². The smallest absolute Gasteiger partial charge is 0.140 e. The first-order valence-electron chi connectivity index (χ1n) is 4.60. The minimum absolute atomic E-state index is 0.291. The molecule has 1 heterocycles. The predicted octanol–water partition coefficient (Wildman–Crippen LogP) is -0.583. The highest BCUT2D eigenvalue weighted by Crippen LogP contribution is 2.05. The van der Waals surface area contributed by atoms with Crippen molar-refractivity contribution < 1.29 is 5.21 Å². The average molecular weight is 186 g/mol. The minimum atomic E-state index is 0.291. The molecule has 5 heteroatoms. The van der Waals surface area contributed by atoms with E-state index in [1.54, 1.807) is 0 Å². The molecule has 1 aliphatic heterocycles. The molecule has 1 unspecified atom stereocenters. The second-order valence-corrected chi connectivity index (χ2v) is 3.54. The van der Waals surface area contributed by atoms with Gasteiger partial charge in [-0.1, -0.05) is 5.16 Å². The Labute approximate surface area is 78.6 Å². The van der Waals surface area contributed by atoms with Crippen LogP contribution in [-0.2, 0) is 0 Å². The zero-order chi connectivity index (χ0) is 9.68. The monoisotopic (exact) mass is 186 g/mol. The van der Waals surface area contributed by atoms with Gasteiger partial charge in [-0.2, -0.15) is 0 Å². The fourth-order valence-corrected chi connectivity index (χ4v) is 1.56. The van der Waals surface area contributed by atoms with Crippen LogP contribution in [0.2, 0.25) is 0 Å². The number of nitrogens with two attached hydrogens (primary N) is 1. The van der Waals surface area contributed by atoms with Crippen molar-refractivity contribution in [2.24, 2.45) is 10.9 Å². The molecule has 13 heavy (non-hydrogen) atoms. The van der Waals surface area contributed by atoms with E-state index in [4.69, 9.17) is 10.9 Å². The molecule has 0 radical (unpaired) electrons. The van der Waals surface area contributed by atoms with Crippen molar-refractivity contribution in [1.82, 2.24) is 10.2 Å². The summed E-state index contributed by atoms with van der Waals surface area (Å²) >= 11 is 0. The first-order chi connectivity index (χ1) is 6.22. The maximum absolute atomic E-state index is 8.30. The van der Waals surface area contributed by atoms with Gasteiger partial charge in [-0.05, 0) is 20.0 Å². The van der Waals surface area contributed by atoms with Gasteiger partial charge in [-0.3, -0.25) is 0 Å². The Morgan fingerprint density at radius 2 is 2.54 bits per heavy atom. The first kappa shape index (κ1) is 10.3. The van der Waals surface area contributed by atoms with Gasteiger partial charge in [-0.15, -0.1) is 0 Å². The zero-order valence-electron chi connectivity index (χ0n) is 8.03. The van der Waals surface area contributed by atoms with Crippen LogP contribution in [0.4, 0.5) is 0 Å². The molecule has 0 aromatic heterocycles. The fraction of sp³-hybridized carbons (Fsp3) is 0.875. The summed E-state index contributed by atoms with van der Waals surface area (Å²) in [7, 11) is 2.12. The largest absolute Gasteiger partial charge is 0.409 e. The van der Waals surface area contributed by atoms with Crippen LogP contribution >= 0.6 is 0 Å². The number of hydrogen-bond donors (Lipinski definition) is 3. The molecule has 0 aliphatic carbocycles. The molecule has 1 rings (SSSR count). The maximum Gasteiger partial charge on any atom is 0.140 e. The molecule has 0 spiro atoms. The summed E-state index contributed by atoms with van der Waals surface area (Å²) in [5.74, 6) is 0.291. The van der Waals surface area contributed by atoms with E-state index in [0.717, 1.165) is 19.6 Å². The highest BCUT2D eigenvalue weighted by Gasteiger charge is 2.17. The first-order valence-corrected chi connectivity index (χ1v) is 4.60. The van der Waals surface area contributed by atoms with Crippen LogP contribution < -0.4 is 11.1 Å². The quantitative estimate of drug-likeness (QED) is 0.238. The van der Waals surface area contributed by atoms with Gasteiger partial charge in [0.05, 0.1) is 0 Å². The van der Waals surface area contributed by atoms with Crippen LogP contribution in [-0.4, -0.2) is 48.7 Å². The van der Waals surface area contributed by atoms with E-state index in [2.05, 4.69) is 22.4 Å². The standard InChI is InChI=1S/C8H18N4O/c1-12-5-3-7(6-12)10-4-2-8(9)11-13/h7,10,13H,2-6H2,1H3,(H2,9,11). The van der Waals surface area contributed by atoms with Crippen molar-refractivity contribution in [3.05, 3.63) is 0 Å². The van der Waals surface area contributed by atoms with Gasteiger partial charge >= 0.3 is 0 Å². The van der Waals surface area contributed by atoms with E-state index >= 15 is 0 Å². The fourth-order valence-electron chi connectivity index (χ4n) is 1.56. The number of nitrogens with zero attached hydrogens (tertiary/aromatic N) is 2. The van der Waals surface area contributed by atoms with E-state index in [-0.39, 0.29) is 0 Å². The topological polar surface area (TPSA) is 73.9 Å². The number of oxime groups is 1. The Morgan fingerprint density at radius 3 is 3.08 bits per heavy atom. The van der Waals surface area contributed by atoms with Crippen LogP contribution in [0.5, 0.6) is 0 Å². The van der Waals surface area contributed by atoms with E-state index < -0.39 is 0 Å². The van der Waals surface area contributed by atoms with Crippen molar-refractivity contribution >= 4 is 5.84 Å². The van der Waals surface area contributed by atoms with Crippen LogP contribution in [0.3, 0.4) is 0 Å². The van der Waals surface area contributed by atoms with Gasteiger partial charge in [-0.25, -0.2) is 0 Å². The summed E-state index contributed by atoms with van der Waals surface area (Å²) in [5, 5.41) is 14.6. The van der Waals surface area contributed by atoms with Gasteiger partial charge in [0, 0.05) is 25.6 Å². The summed E-state index contributed by atoms with van der Waals surface area (Å²) in [6.45, 7) is 3.03. The third kappa shape index (κ3) is 3.61. The zero-order valence-corrected chi connectivity index (χ0v) is 8.03. The van der Waals surface area contributed by atoms with E-state index in [0.29, 0.717) is 18.3 Å². The number of likely N-dealkylation sites (N-methyl/N-ethyl adjacent to an activating group) is 1. The average Bonchev–Trinajstić information content (AvgIpc) is 2.51. The minimum Gasteiger partial charge on any atom is -0.409 e. The molecule has 0 aromatic carbocycles. The lowest BCUT2D eigenvalue weighted by Gasteiger charge is -2.11. The maximum atomic E-state index is 8.30. The van der Waals surface area contributed by atoms with Crippen LogP contribution in [0, 0.1) is 0 Å². The molecule has 0 bridgehead atoms. The van der Waals surface area contributed by atoms with Crippen molar-refractivity contribution in [2.45, 2.75) is 18.9 Å². The van der Waals surface area contributed by atoms with Gasteiger partial charge in [0.25, 0.3) is 0 Å². The van der Waals surface area contributed by atoms with Crippen molar-refractivity contribution in [2.75, 3.05) is 26.7 Å². The Bertz CT molecular complexity index is 183. The molecule has 0 amide bonds. The van der Waals surface area contributed by atoms with E-state index in [1.807, 2.05) is 0 Å². The lowest BCUT2D eigenvalue weighted by atomic mass is 10.2. The van der Waals surface area contributed by atoms with Crippen LogP contribution in [0.15, 0.2) is 5.16 Å². The van der Waals surface area contributed by atoms with Gasteiger partial charge in [0.2, 0.25) is 0 Å². The van der Waals surface area contributed by atoms with Crippen LogP contribution in [0.1, 0.15) is 12.8 Å². The molecule has 0 saturated carbocycles. The molecule has 1 atom stereocenters. The molecule has 5 nitrogen and oxygen atoms in total. The number of rotatable bonds is 4. The van der Waals surface area contributed by atoms with Crippen molar-refractivity contribution in [1.29, 1.82) is 0 Å². The highest BCUT2D eigenvalue weighted by molar-refractivity contribution is 5.79. The summed E-state index contributed by atoms with van der Waals surface area (Å²) in [5.41, 5.74) is 5.33. The molecule has 76 valence electrons. The number of likely N-dealkylation sites (tertiary alicyclic amines) is 1. The third-order valence-corrected chi connectivity index (χ3v) is 2.33. The molecule has 1 aliphatic rings. The predicted molar refractivity (Wildman–Crippen MR) is 51.9 cm³/mol. The summed E-state index contributed by atoms with van der Waals surface area (Å²) < 4.78 is 0. The molecule has 4 N–H and O–H groups in total. The number of amidine groups is 1. The number of hydrogen-bond acceptors (Lipinski definition) is 4. The summed E-state index contributed by atoms with van der Waals surface area (Å²) in [6.07, 6.45) is 1.80. The highest BCUT2D eigenvalue weighted by atomic mass is 16.4.